The number of hydrogen-bond acceptors (Lipinski definition) is 4. The van der Waals surface area contributed by atoms with Crippen LogP contribution in [0.5, 0.6) is 5.88 Å². The first-order valence-electron chi connectivity index (χ1n) is 7.60. The van der Waals surface area contributed by atoms with Crippen LogP contribution in [0.2, 0.25) is 0 Å². The van der Waals surface area contributed by atoms with Gasteiger partial charge < -0.3 is 10.1 Å². The molecule has 0 spiro atoms. The first kappa shape index (κ1) is 14.1. The van der Waals surface area contributed by atoms with Crippen molar-refractivity contribution in [3.8, 4) is 5.88 Å². The summed E-state index contributed by atoms with van der Waals surface area (Å²) in [4.78, 5) is 8.42. The molecule has 0 unspecified atom stereocenters. The number of nitrogens with one attached hydrogen (secondary N) is 1. The molecule has 1 aromatic rings. The summed E-state index contributed by atoms with van der Waals surface area (Å²) in [6.45, 7) is 2.80. The van der Waals surface area contributed by atoms with Crippen molar-refractivity contribution in [1.29, 1.82) is 0 Å². The third-order valence-corrected chi connectivity index (χ3v) is 3.55. The van der Waals surface area contributed by atoms with E-state index < -0.39 is 0 Å². The van der Waals surface area contributed by atoms with Gasteiger partial charge in [-0.15, -0.1) is 0 Å². The van der Waals surface area contributed by atoms with Crippen molar-refractivity contribution in [2.24, 2.45) is 0 Å². The lowest BCUT2D eigenvalue weighted by Gasteiger charge is -2.21. The van der Waals surface area contributed by atoms with E-state index in [4.69, 9.17) is 4.74 Å². The first-order chi connectivity index (χ1) is 9.38. The summed E-state index contributed by atoms with van der Waals surface area (Å²) in [6, 6.07) is 2.46. The van der Waals surface area contributed by atoms with Gasteiger partial charge in [0.2, 0.25) is 5.88 Å². The molecule has 106 valence electrons. The van der Waals surface area contributed by atoms with E-state index in [0.717, 1.165) is 12.2 Å². The topological polar surface area (TPSA) is 47.0 Å². The van der Waals surface area contributed by atoms with Gasteiger partial charge in [0, 0.05) is 12.1 Å². The van der Waals surface area contributed by atoms with Crippen LogP contribution in [0.3, 0.4) is 0 Å². The lowest BCUT2D eigenvalue weighted by atomic mass is 9.97. The lowest BCUT2D eigenvalue weighted by molar-refractivity contribution is 0.305. The van der Waals surface area contributed by atoms with Crippen LogP contribution >= 0.6 is 0 Å². The van der Waals surface area contributed by atoms with Crippen LogP contribution in [-0.2, 0) is 0 Å². The van der Waals surface area contributed by atoms with Gasteiger partial charge in [0.05, 0.1) is 6.61 Å². The summed E-state index contributed by atoms with van der Waals surface area (Å²) in [6.07, 6.45) is 11.8. The zero-order chi connectivity index (χ0) is 13.3. The number of rotatable bonds is 5. The summed E-state index contributed by atoms with van der Waals surface area (Å²) in [7, 11) is 0. The molecule has 0 radical (unpaired) electrons. The second-order valence-corrected chi connectivity index (χ2v) is 5.28. The van der Waals surface area contributed by atoms with Crippen molar-refractivity contribution in [2.75, 3.05) is 11.9 Å². The fourth-order valence-electron chi connectivity index (χ4n) is 2.51. The van der Waals surface area contributed by atoms with Gasteiger partial charge in [-0.2, -0.15) is 0 Å². The molecule has 1 heterocycles. The summed E-state index contributed by atoms with van der Waals surface area (Å²) in [5, 5.41) is 3.53. The van der Waals surface area contributed by atoms with Crippen molar-refractivity contribution < 1.29 is 4.74 Å². The van der Waals surface area contributed by atoms with E-state index in [-0.39, 0.29) is 0 Å². The largest absolute Gasteiger partial charge is 0.478 e. The van der Waals surface area contributed by atoms with Crippen molar-refractivity contribution in [3.05, 3.63) is 12.4 Å². The SMILES string of the molecule is CCCOc1cc(NC2CCCCCCC2)ncn1. The fourth-order valence-corrected chi connectivity index (χ4v) is 2.51. The van der Waals surface area contributed by atoms with Crippen LogP contribution in [0.25, 0.3) is 0 Å². The van der Waals surface area contributed by atoms with Gasteiger partial charge in [-0.05, 0) is 19.3 Å². The second kappa shape index (κ2) is 7.97. The highest BCUT2D eigenvalue weighted by Crippen LogP contribution is 2.21. The van der Waals surface area contributed by atoms with E-state index in [2.05, 4.69) is 22.2 Å². The Morgan fingerprint density at radius 3 is 2.63 bits per heavy atom. The Balaban J connectivity index is 1.89. The predicted octanol–water partition coefficient (Wildman–Crippen LogP) is 3.79. The van der Waals surface area contributed by atoms with E-state index >= 15 is 0 Å². The fraction of sp³-hybridized carbons (Fsp3) is 0.733. The molecular weight excluding hydrogens is 238 g/mol. The molecule has 1 saturated carbocycles. The van der Waals surface area contributed by atoms with E-state index in [9.17, 15) is 0 Å². The third-order valence-electron chi connectivity index (χ3n) is 3.55. The van der Waals surface area contributed by atoms with E-state index in [1.54, 1.807) is 6.33 Å². The molecule has 0 atom stereocenters. The average molecular weight is 263 g/mol. The molecule has 1 aliphatic rings. The summed E-state index contributed by atoms with van der Waals surface area (Å²) < 4.78 is 5.54. The Labute approximate surface area is 116 Å². The van der Waals surface area contributed by atoms with Crippen LogP contribution in [0, 0.1) is 0 Å². The minimum absolute atomic E-state index is 0.550. The molecule has 19 heavy (non-hydrogen) atoms. The Kier molecular flexibility index (Phi) is 5.92. The molecule has 1 aliphatic carbocycles. The van der Waals surface area contributed by atoms with Crippen LogP contribution in [-0.4, -0.2) is 22.6 Å². The van der Waals surface area contributed by atoms with E-state index in [1.807, 2.05) is 6.07 Å². The maximum atomic E-state index is 5.54. The Hall–Kier alpha value is -1.32. The molecule has 0 aromatic carbocycles. The van der Waals surface area contributed by atoms with E-state index in [1.165, 1.54) is 44.9 Å². The minimum atomic E-state index is 0.550. The van der Waals surface area contributed by atoms with Crippen molar-refractivity contribution in [2.45, 2.75) is 64.3 Å². The minimum Gasteiger partial charge on any atom is -0.478 e. The maximum Gasteiger partial charge on any atom is 0.218 e. The number of ether oxygens (including phenoxy) is 1. The van der Waals surface area contributed by atoms with Gasteiger partial charge in [0.15, 0.2) is 0 Å². The standard InChI is InChI=1S/C15H25N3O/c1-2-10-19-15-11-14(16-12-17-15)18-13-8-6-4-3-5-7-9-13/h11-13H,2-10H2,1H3,(H,16,17,18). The second-order valence-electron chi connectivity index (χ2n) is 5.28. The molecule has 4 heteroatoms. The van der Waals surface area contributed by atoms with Gasteiger partial charge in [0.1, 0.15) is 12.1 Å². The number of anilines is 1. The lowest BCUT2D eigenvalue weighted by Crippen LogP contribution is -2.21. The zero-order valence-electron chi connectivity index (χ0n) is 11.9. The van der Waals surface area contributed by atoms with Crippen LogP contribution < -0.4 is 10.1 Å². The van der Waals surface area contributed by atoms with Crippen molar-refractivity contribution in [3.63, 3.8) is 0 Å². The smallest absolute Gasteiger partial charge is 0.218 e. The van der Waals surface area contributed by atoms with Crippen LogP contribution in [0.1, 0.15) is 58.3 Å². The summed E-state index contributed by atoms with van der Waals surface area (Å²) >= 11 is 0. The summed E-state index contributed by atoms with van der Waals surface area (Å²) in [5.74, 6) is 1.57. The Morgan fingerprint density at radius 2 is 1.89 bits per heavy atom. The molecule has 0 aliphatic heterocycles. The Bertz CT molecular complexity index is 362. The Morgan fingerprint density at radius 1 is 1.16 bits per heavy atom. The molecule has 0 amide bonds. The maximum absolute atomic E-state index is 5.54. The van der Waals surface area contributed by atoms with Gasteiger partial charge >= 0.3 is 0 Å². The normalized spacial score (nSPS) is 17.5. The zero-order valence-corrected chi connectivity index (χ0v) is 11.9. The third kappa shape index (κ3) is 5.05. The van der Waals surface area contributed by atoms with Crippen LogP contribution in [0.15, 0.2) is 12.4 Å². The van der Waals surface area contributed by atoms with Crippen molar-refractivity contribution >= 4 is 5.82 Å². The molecular formula is C15H25N3O. The molecule has 1 fully saturated rings. The molecule has 1 N–H and O–H groups in total. The van der Waals surface area contributed by atoms with Gasteiger partial charge in [-0.1, -0.05) is 39.0 Å². The highest BCUT2D eigenvalue weighted by molar-refractivity contribution is 5.38. The predicted molar refractivity (Wildman–Crippen MR) is 77.5 cm³/mol. The van der Waals surface area contributed by atoms with Gasteiger partial charge in [-0.25, -0.2) is 9.97 Å². The first-order valence-corrected chi connectivity index (χ1v) is 7.60. The monoisotopic (exact) mass is 263 g/mol. The molecule has 0 bridgehead atoms. The van der Waals surface area contributed by atoms with E-state index in [0.29, 0.717) is 18.5 Å². The van der Waals surface area contributed by atoms with Crippen LogP contribution in [0.4, 0.5) is 5.82 Å². The van der Waals surface area contributed by atoms with Gasteiger partial charge in [0.25, 0.3) is 0 Å². The molecule has 0 saturated heterocycles. The number of nitrogens with zero attached hydrogens (tertiary/aromatic N) is 2. The highest BCUT2D eigenvalue weighted by Gasteiger charge is 2.12. The quantitative estimate of drug-likeness (QED) is 0.878. The average Bonchev–Trinajstić information content (AvgIpc) is 2.40. The summed E-state index contributed by atoms with van der Waals surface area (Å²) in [5.41, 5.74) is 0. The number of aromatic nitrogens is 2. The highest BCUT2D eigenvalue weighted by atomic mass is 16.5. The van der Waals surface area contributed by atoms with Crippen molar-refractivity contribution in [1.82, 2.24) is 9.97 Å². The van der Waals surface area contributed by atoms with Gasteiger partial charge in [-0.3, -0.25) is 0 Å². The molecule has 1 aromatic heterocycles. The molecule has 2 rings (SSSR count). The molecule has 4 nitrogen and oxygen atoms in total. The number of hydrogen-bond donors (Lipinski definition) is 1.